The molecule has 0 radical (unpaired) electrons. The summed E-state index contributed by atoms with van der Waals surface area (Å²) in [6.45, 7) is 11.4. The second kappa shape index (κ2) is 6.02. The van der Waals surface area contributed by atoms with E-state index in [4.69, 9.17) is 5.73 Å². The first-order valence-electron chi connectivity index (χ1n) is 6.05. The molecule has 16 heavy (non-hydrogen) atoms. The Balaban J connectivity index is 2.73. The molecule has 2 heteroatoms. The predicted molar refractivity (Wildman–Crippen MR) is 70.5 cm³/mol. The summed E-state index contributed by atoms with van der Waals surface area (Å²) < 4.78 is 0. The van der Waals surface area contributed by atoms with Crippen molar-refractivity contribution in [3.05, 3.63) is 34.9 Å². The van der Waals surface area contributed by atoms with Crippen LogP contribution < -0.4 is 5.73 Å². The van der Waals surface area contributed by atoms with Gasteiger partial charge in [-0.3, -0.25) is 4.90 Å². The number of hydrogen-bond acceptors (Lipinski definition) is 2. The van der Waals surface area contributed by atoms with Crippen LogP contribution in [0.5, 0.6) is 0 Å². The molecule has 0 heterocycles. The second-order valence-electron chi connectivity index (χ2n) is 4.77. The van der Waals surface area contributed by atoms with Gasteiger partial charge in [0, 0.05) is 25.7 Å². The van der Waals surface area contributed by atoms with Crippen molar-refractivity contribution in [3.63, 3.8) is 0 Å². The quantitative estimate of drug-likeness (QED) is 0.826. The molecular formula is C14H24N2. The molecule has 0 atom stereocenters. The molecule has 0 aliphatic rings. The van der Waals surface area contributed by atoms with Gasteiger partial charge in [-0.15, -0.1) is 0 Å². The summed E-state index contributed by atoms with van der Waals surface area (Å²) in [5.41, 5.74) is 9.74. The van der Waals surface area contributed by atoms with Crippen molar-refractivity contribution in [2.75, 3.05) is 13.1 Å². The molecule has 90 valence electrons. The first-order chi connectivity index (χ1) is 7.54. The summed E-state index contributed by atoms with van der Waals surface area (Å²) in [5, 5.41) is 0. The van der Waals surface area contributed by atoms with E-state index >= 15 is 0 Å². The second-order valence-corrected chi connectivity index (χ2v) is 4.77. The largest absolute Gasteiger partial charge is 0.329 e. The van der Waals surface area contributed by atoms with Gasteiger partial charge < -0.3 is 5.73 Å². The molecule has 2 nitrogen and oxygen atoms in total. The van der Waals surface area contributed by atoms with Crippen molar-refractivity contribution < 1.29 is 0 Å². The third-order valence-electron chi connectivity index (χ3n) is 3.10. The van der Waals surface area contributed by atoms with Crippen LogP contribution in [0.15, 0.2) is 18.2 Å². The summed E-state index contributed by atoms with van der Waals surface area (Å²) in [5.74, 6) is 0. The fourth-order valence-corrected chi connectivity index (χ4v) is 1.82. The number of aryl methyl sites for hydroxylation is 2. The van der Waals surface area contributed by atoms with Crippen LogP contribution >= 0.6 is 0 Å². The summed E-state index contributed by atoms with van der Waals surface area (Å²) in [6, 6.07) is 7.24. The maximum atomic E-state index is 5.63. The Morgan fingerprint density at radius 2 is 1.88 bits per heavy atom. The Bertz CT molecular complexity index is 332. The molecule has 0 spiro atoms. The molecule has 2 N–H and O–H groups in total. The smallest absolute Gasteiger partial charge is 0.0237 e. The molecule has 0 saturated heterocycles. The fraction of sp³-hybridized carbons (Fsp3) is 0.571. The normalized spacial score (nSPS) is 11.4. The lowest BCUT2D eigenvalue weighted by Crippen LogP contribution is -2.34. The number of hydrogen-bond donors (Lipinski definition) is 1. The van der Waals surface area contributed by atoms with Crippen molar-refractivity contribution in [3.8, 4) is 0 Å². The Kier molecular flexibility index (Phi) is 4.97. The van der Waals surface area contributed by atoms with E-state index in [1.165, 1.54) is 16.7 Å². The monoisotopic (exact) mass is 220 g/mol. The maximum Gasteiger partial charge on any atom is 0.0237 e. The highest BCUT2D eigenvalue weighted by molar-refractivity contribution is 5.29. The van der Waals surface area contributed by atoms with Gasteiger partial charge in [-0.25, -0.2) is 0 Å². The molecule has 0 bridgehead atoms. The van der Waals surface area contributed by atoms with Crippen LogP contribution in [0, 0.1) is 13.8 Å². The van der Waals surface area contributed by atoms with Crippen LogP contribution in [0.4, 0.5) is 0 Å². The third-order valence-corrected chi connectivity index (χ3v) is 3.10. The van der Waals surface area contributed by atoms with Gasteiger partial charge >= 0.3 is 0 Å². The molecule has 0 saturated carbocycles. The Labute approximate surface area is 99.5 Å². The zero-order chi connectivity index (χ0) is 12.1. The minimum atomic E-state index is 0.546. The van der Waals surface area contributed by atoms with Gasteiger partial charge in [0.05, 0.1) is 0 Å². The minimum absolute atomic E-state index is 0.546. The van der Waals surface area contributed by atoms with Crippen LogP contribution in [0.3, 0.4) is 0 Å². The maximum absolute atomic E-state index is 5.63. The lowest BCUT2D eigenvalue weighted by Gasteiger charge is -2.26. The zero-order valence-electron chi connectivity index (χ0n) is 11.0. The van der Waals surface area contributed by atoms with E-state index in [0.717, 1.165) is 19.6 Å². The third kappa shape index (κ3) is 3.62. The highest BCUT2D eigenvalue weighted by Crippen LogP contribution is 2.13. The number of benzene rings is 1. The zero-order valence-corrected chi connectivity index (χ0v) is 11.0. The van der Waals surface area contributed by atoms with Crippen LogP contribution in [0.1, 0.15) is 30.5 Å². The van der Waals surface area contributed by atoms with Gasteiger partial charge in [-0.05, 0) is 44.4 Å². The average Bonchev–Trinajstić information content (AvgIpc) is 2.22. The molecule has 1 aromatic carbocycles. The van der Waals surface area contributed by atoms with E-state index in [9.17, 15) is 0 Å². The van der Waals surface area contributed by atoms with E-state index in [1.54, 1.807) is 0 Å². The molecule has 0 unspecified atom stereocenters. The molecule has 0 aliphatic heterocycles. The van der Waals surface area contributed by atoms with Crippen LogP contribution in [0.2, 0.25) is 0 Å². The first kappa shape index (κ1) is 13.2. The molecule has 1 rings (SSSR count). The summed E-state index contributed by atoms with van der Waals surface area (Å²) >= 11 is 0. The van der Waals surface area contributed by atoms with Gasteiger partial charge in [-0.1, -0.05) is 18.2 Å². The van der Waals surface area contributed by atoms with Crippen LogP contribution in [-0.2, 0) is 6.54 Å². The van der Waals surface area contributed by atoms with Gasteiger partial charge in [0.1, 0.15) is 0 Å². The van der Waals surface area contributed by atoms with Crippen molar-refractivity contribution in [1.29, 1.82) is 0 Å². The summed E-state index contributed by atoms with van der Waals surface area (Å²) in [4.78, 5) is 2.41. The van der Waals surface area contributed by atoms with Crippen molar-refractivity contribution in [2.24, 2.45) is 5.73 Å². The van der Waals surface area contributed by atoms with E-state index in [-0.39, 0.29) is 0 Å². The number of rotatable bonds is 5. The highest BCUT2D eigenvalue weighted by atomic mass is 15.1. The first-order valence-corrected chi connectivity index (χ1v) is 6.05. The van der Waals surface area contributed by atoms with Gasteiger partial charge in [-0.2, -0.15) is 0 Å². The minimum Gasteiger partial charge on any atom is -0.329 e. The van der Waals surface area contributed by atoms with Crippen LogP contribution in [0.25, 0.3) is 0 Å². The van der Waals surface area contributed by atoms with Gasteiger partial charge in [0.25, 0.3) is 0 Å². The van der Waals surface area contributed by atoms with Gasteiger partial charge in [0.2, 0.25) is 0 Å². The van der Waals surface area contributed by atoms with E-state index in [0.29, 0.717) is 6.04 Å². The molecule has 0 aliphatic carbocycles. The number of nitrogens with two attached hydrogens (primary N) is 1. The Morgan fingerprint density at radius 3 is 2.38 bits per heavy atom. The molecule has 1 aromatic rings. The summed E-state index contributed by atoms with van der Waals surface area (Å²) in [6.07, 6.45) is 0. The van der Waals surface area contributed by atoms with Crippen LogP contribution in [-0.4, -0.2) is 24.0 Å². The van der Waals surface area contributed by atoms with Crippen molar-refractivity contribution in [2.45, 2.75) is 40.3 Å². The standard InChI is InChI=1S/C14H24N2/c1-11(2)16(8-7-15)10-14-6-5-12(3)13(4)9-14/h5-6,9,11H,7-8,10,15H2,1-4H3. The van der Waals surface area contributed by atoms with E-state index < -0.39 is 0 Å². The lowest BCUT2D eigenvalue weighted by atomic mass is 10.1. The molecule has 0 aromatic heterocycles. The highest BCUT2D eigenvalue weighted by Gasteiger charge is 2.09. The van der Waals surface area contributed by atoms with Gasteiger partial charge in [0.15, 0.2) is 0 Å². The summed E-state index contributed by atoms with van der Waals surface area (Å²) in [7, 11) is 0. The SMILES string of the molecule is Cc1ccc(CN(CCN)C(C)C)cc1C. The van der Waals surface area contributed by atoms with Crippen molar-refractivity contribution in [1.82, 2.24) is 4.90 Å². The van der Waals surface area contributed by atoms with E-state index in [1.807, 2.05) is 0 Å². The topological polar surface area (TPSA) is 29.3 Å². The fourth-order valence-electron chi connectivity index (χ4n) is 1.82. The predicted octanol–water partition coefficient (Wildman–Crippen LogP) is 2.47. The number of nitrogens with zero attached hydrogens (tertiary/aromatic N) is 1. The molecular weight excluding hydrogens is 196 g/mol. The van der Waals surface area contributed by atoms with E-state index in [2.05, 4.69) is 50.8 Å². The Morgan fingerprint density at radius 1 is 1.19 bits per heavy atom. The molecule has 0 amide bonds. The average molecular weight is 220 g/mol. The molecule has 0 fully saturated rings. The Hall–Kier alpha value is -0.860. The van der Waals surface area contributed by atoms with Crippen molar-refractivity contribution >= 4 is 0 Å². The lowest BCUT2D eigenvalue weighted by molar-refractivity contribution is 0.219.